The number of halogens is 3. The number of anilines is 1. The number of carbonyl (C=O) groups is 1. The summed E-state index contributed by atoms with van der Waals surface area (Å²) in [5.74, 6) is -1.70. The van der Waals surface area contributed by atoms with Crippen LogP contribution in [0.15, 0.2) is 0 Å². The van der Waals surface area contributed by atoms with Crippen LogP contribution in [0, 0.1) is 0 Å². The summed E-state index contributed by atoms with van der Waals surface area (Å²) in [6, 6.07) is 0. The summed E-state index contributed by atoms with van der Waals surface area (Å²) in [4.78, 5) is 16.0. The first-order chi connectivity index (χ1) is 8.38. The molecule has 0 saturated carbocycles. The van der Waals surface area contributed by atoms with Crippen molar-refractivity contribution in [1.82, 2.24) is 9.36 Å². The minimum Gasteiger partial charge on any atom is -0.465 e. The molecule has 0 aromatic carbocycles. The molecular formula is C9H12F3N3O2S. The van der Waals surface area contributed by atoms with Crippen molar-refractivity contribution in [1.29, 1.82) is 0 Å². The van der Waals surface area contributed by atoms with Gasteiger partial charge in [-0.25, -0.2) is 0 Å². The van der Waals surface area contributed by atoms with Crippen LogP contribution in [0.4, 0.5) is 18.3 Å². The largest absolute Gasteiger partial charge is 0.465 e. The van der Waals surface area contributed by atoms with Gasteiger partial charge in [0.1, 0.15) is 6.54 Å². The van der Waals surface area contributed by atoms with E-state index in [1.165, 1.54) is 4.90 Å². The standard InChI is InChI=1S/C9H12F3N3O2S/c1-3-15(5-6(16)17-4-2)8-13-7(14-18-8)9(10,11)12/h3-5H2,1-2H3. The molecule has 0 unspecified atom stereocenters. The number of nitrogens with zero attached hydrogens (tertiary/aromatic N) is 3. The van der Waals surface area contributed by atoms with Crippen molar-refractivity contribution in [3.63, 3.8) is 0 Å². The first-order valence-corrected chi connectivity index (χ1v) is 5.97. The molecule has 0 amide bonds. The van der Waals surface area contributed by atoms with E-state index < -0.39 is 18.0 Å². The Labute approximate surface area is 106 Å². The minimum atomic E-state index is -4.57. The van der Waals surface area contributed by atoms with Gasteiger partial charge < -0.3 is 9.64 Å². The molecule has 0 spiro atoms. The van der Waals surface area contributed by atoms with Crippen LogP contribution in [0.2, 0.25) is 0 Å². The monoisotopic (exact) mass is 283 g/mol. The zero-order valence-electron chi connectivity index (χ0n) is 9.82. The molecule has 18 heavy (non-hydrogen) atoms. The van der Waals surface area contributed by atoms with Crippen LogP contribution in [0.1, 0.15) is 19.7 Å². The summed E-state index contributed by atoms with van der Waals surface area (Å²) in [6.07, 6.45) is -4.57. The lowest BCUT2D eigenvalue weighted by atomic mass is 10.5. The molecule has 5 nitrogen and oxygen atoms in total. The van der Waals surface area contributed by atoms with E-state index in [1.54, 1.807) is 13.8 Å². The number of hydrogen-bond acceptors (Lipinski definition) is 6. The lowest BCUT2D eigenvalue weighted by molar-refractivity contribution is -0.144. The highest BCUT2D eigenvalue weighted by Crippen LogP contribution is 2.30. The highest BCUT2D eigenvalue weighted by Gasteiger charge is 2.36. The number of likely N-dealkylation sites (N-methyl/N-ethyl adjacent to an activating group) is 1. The Morgan fingerprint density at radius 1 is 1.44 bits per heavy atom. The summed E-state index contributed by atoms with van der Waals surface area (Å²) in [6.45, 7) is 3.78. The third-order valence-electron chi connectivity index (χ3n) is 1.95. The first-order valence-electron chi connectivity index (χ1n) is 5.20. The van der Waals surface area contributed by atoms with Gasteiger partial charge in [0.2, 0.25) is 11.0 Å². The van der Waals surface area contributed by atoms with Crippen LogP contribution in [-0.4, -0.2) is 35.0 Å². The first kappa shape index (κ1) is 14.7. The summed E-state index contributed by atoms with van der Waals surface area (Å²) >= 11 is 0.606. The molecule has 1 heterocycles. The highest BCUT2D eigenvalue weighted by molar-refractivity contribution is 7.09. The maximum atomic E-state index is 12.3. The number of hydrogen-bond donors (Lipinski definition) is 0. The molecule has 0 N–H and O–H groups in total. The maximum absolute atomic E-state index is 12.3. The predicted octanol–water partition coefficient (Wildman–Crippen LogP) is 1.95. The summed E-state index contributed by atoms with van der Waals surface area (Å²) in [7, 11) is 0. The Hall–Kier alpha value is -1.38. The lowest BCUT2D eigenvalue weighted by Gasteiger charge is -2.17. The van der Waals surface area contributed by atoms with E-state index in [-0.39, 0.29) is 18.3 Å². The highest BCUT2D eigenvalue weighted by atomic mass is 32.1. The molecule has 0 saturated heterocycles. The van der Waals surface area contributed by atoms with Crippen LogP contribution in [0.25, 0.3) is 0 Å². The van der Waals surface area contributed by atoms with Gasteiger partial charge >= 0.3 is 12.1 Å². The molecule has 0 fully saturated rings. The minimum absolute atomic E-state index is 0.0536. The van der Waals surface area contributed by atoms with E-state index in [4.69, 9.17) is 4.74 Å². The Kier molecular flexibility index (Phi) is 4.88. The smallest absolute Gasteiger partial charge is 0.452 e. The Bertz CT molecular complexity index is 408. The zero-order valence-corrected chi connectivity index (χ0v) is 10.6. The number of ether oxygens (including phenoxy) is 1. The molecule has 0 aliphatic carbocycles. The molecule has 0 aliphatic rings. The van der Waals surface area contributed by atoms with E-state index in [0.717, 1.165) is 0 Å². The fourth-order valence-electron chi connectivity index (χ4n) is 1.14. The van der Waals surface area contributed by atoms with E-state index in [1.807, 2.05) is 0 Å². The molecule has 1 aromatic rings. The van der Waals surface area contributed by atoms with Gasteiger partial charge in [0.25, 0.3) is 0 Å². The molecule has 0 atom stereocenters. The topological polar surface area (TPSA) is 55.3 Å². The third-order valence-corrected chi connectivity index (χ3v) is 2.72. The predicted molar refractivity (Wildman–Crippen MR) is 59.4 cm³/mol. The van der Waals surface area contributed by atoms with Crippen molar-refractivity contribution in [3.05, 3.63) is 5.82 Å². The maximum Gasteiger partial charge on any atom is 0.452 e. The van der Waals surface area contributed by atoms with E-state index in [2.05, 4.69) is 9.36 Å². The van der Waals surface area contributed by atoms with Crippen molar-refractivity contribution in [2.24, 2.45) is 0 Å². The van der Waals surface area contributed by atoms with E-state index in [0.29, 0.717) is 18.1 Å². The van der Waals surface area contributed by atoms with Crippen molar-refractivity contribution in [2.75, 3.05) is 24.6 Å². The molecule has 0 radical (unpaired) electrons. The van der Waals surface area contributed by atoms with Gasteiger partial charge in [-0.2, -0.15) is 22.5 Å². The average molecular weight is 283 g/mol. The summed E-state index contributed by atoms with van der Waals surface area (Å²) in [5, 5.41) is 0.0536. The second-order valence-corrected chi connectivity index (χ2v) is 3.95. The number of esters is 1. The Morgan fingerprint density at radius 2 is 2.11 bits per heavy atom. The molecule has 102 valence electrons. The fourth-order valence-corrected chi connectivity index (χ4v) is 1.89. The van der Waals surface area contributed by atoms with Crippen LogP contribution in [0.5, 0.6) is 0 Å². The number of alkyl halides is 3. The van der Waals surface area contributed by atoms with Crippen LogP contribution < -0.4 is 4.90 Å². The second-order valence-electron chi connectivity index (χ2n) is 3.22. The molecule has 0 bridgehead atoms. The average Bonchev–Trinajstić information content (AvgIpc) is 2.75. The van der Waals surface area contributed by atoms with Crippen LogP contribution in [-0.2, 0) is 15.7 Å². The van der Waals surface area contributed by atoms with Gasteiger partial charge in [-0.3, -0.25) is 4.79 Å². The quantitative estimate of drug-likeness (QED) is 0.773. The van der Waals surface area contributed by atoms with Crippen molar-refractivity contribution >= 4 is 22.6 Å². The summed E-state index contributed by atoms with van der Waals surface area (Å²) in [5.41, 5.74) is 0. The van der Waals surface area contributed by atoms with E-state index >= 15 is 0 Å². The molecule has 1 rings (SSSR count). The van der Waals surface area contributed by atoms with Crippen molar-refractivity contribution in [3.8, 4) is 0 Å². The van der Waals surface area contributed by atoms with Gasteiger partial charge in [-0.15, -0.1) is 0 Å². The number of aromatic nitrogens is 2. The number of carbonyl (C=O) groups excluding carboxylic acids is 1. The summed E-state index contributed by atoms with van der Waals surface area (Å²) < 4.78 is 44.9. The van der Waals surface area contributed by atoms with Gasteiger partial charge in [0, 0.05) is 18.1 Å². The van der Waals surface area contributed by atoms with Gasteiger partial charge in [0.05, 0.1) is 6.61 Å². The fraction of sp³-hybridized carbons (Fsp3) is 0.667. The molecule has 0 aliphatic heterocycles. The van der Waals surface area contributed by atoms with Crippen molar-refractivity contribution < 1.29 is 22.7 Å². The van der Waals surface area contributed by atoms with Crippen molar-refractivity contribution in [2.45, 2.75) is 20.0 Å². The normalized spacial score (nSPS) is 11.4. The molecular weight excluding hydrogens is 271 g/mol. The van der Waals surface area contributed by atoms with Gasteiger partial charge in [-0.05, 0) is 13.8 Å². The SMILES string of the molecule is CCOC(=O)CN(CC)c1nc(C(F)(F)F)ns1. The van der Waals surface area contributed by atoms with Crippen LogP contribution in [0.3, 0.4) is 0 Å². The van der Waals surface area contributed by atoms with Gasteiger partial charge in [0.15, 0.2) is 0 Å². The Balaban J connectivity index is 2.77. The zero-order chi connectivity index (χ0) is 13.8. The molecule has 9 heteroatoms. The van der Waals surface area contributed by atoms with Crippen LogP contribution >= 0.6 is 11.5 Å². The Morgan fingerprint density at radius 3 is 2.56 bits per heavy atom. The molecule has 1 aromatic heterocycles. The third kappa shape index (κ3) is 3.83. The lowest BCUT2D eigenvalue weighted by Crippen LogP contribution is -2.30. The number of rotatable bonds is 5. The van der Waals surface area contributed by atoms with Gasteiger partial charge in [-0.1, -0.05) is 0 Å². The second kappa shape index (κ2) is 5.98. The van der Waals surface area contributed by atoms with E-state index in [9.17, 15) is 18.0 Å².